The summed E-state index contributed by atoms with van der Waals surface area (Å²) in [4.78, 5) is 20.3. The monoisotopic (exact) mass is 335 g/mol. The van der Waals surface area contributed by atoms with E-state index in [9.17, 15) is 9.90 Å². The van der Waals surface area contributed by atoms with Crippen LogP contribution in [0.3, 0.4) is 0 Å². The lowest BCUT2D eigenvalue weighted by Gasteiger charge is -2.32. The zero-order valence-electron chi connectivity index (χ0n) is 15.0. The molecule has 0 spiro atoms. The number of carbonyl (C=O) groups excluding carboxylic acids is 1. The summed E-state index contributed by atoms with van der Waals surface area (Å²) in [5, 5.41) is 16.6. The highest BCUT2D eigenvalue weighted by atomic mass is 16.3. The Hall–Kier alpha value is -1.89. The van der Waals surface area contributed by atoms with Crippen molar-refractivity contribution in [1.29, 1.82) is 0 Å². The Morgan fingerprint density at radius 2 is 2.17 bits per heavy atom. The van der Waals surface area contributed by atoms with Crippen LogP contribution in [0.5, 0.6) is 0 Å². The van der Waals surface area contributed by atoms with Gasteiger partial charge in [0.1, 0.15) is 5.82 Å². The van der Waals surface area contributed by atoms with E-state index in [1.54, 1.807) is 0 Å². The third-order valence-electron chi connectivity index (χ3n) is 4.88. The van der Waals surface area contributed by atoms with E-state index < -0.39 is 5.91 Å². The topological polar surface area (TPSA) is 113 Å². The van der Waals surface area contributed by atoms with Crippen LogP contribution in [-0.2, 0) is 0 Å². The quantitative estimate of drug-likeness (QED) is 0.633. The average Bonchev–Trinajstić information content (AvgIpc) is 2.50. The van der Waals surface area contributed by atoms with Crippen molar-refractivity contribution in [2.24, 2.45) is 11.7 Å². The van der Waals surface area contributed by atoms with Crippen LogP contribution in [0.2, 0.25) is 0 Å². The molecule has 1 aromatic rings. The molecular formula is C17H29N5O2. The number of carbonyl (C=O) groups is 1. The fourth-order valence-corrected chi connectivity index (χ4v) is 2.75. The molecule has 1 fully saturated rings. The minimum Gasteiger partial charge on any atom is -0.393 e. The number of amides is 1. The van der Waals surface area contributed by atoms with Gasteiger partial charge >= 0.3 is 0 Å². The zero-order valence-corrected chi connectivity index (χ0v) is 15.0. The van der Waals surface area contributed by atoms with Crippen molar-refractivity contribution in [3.63, 3.8) is 0 Å². The van der Waals surface area contributed by atoms with Crippen molar-refractivity contribution in [3.05, 3.63) is 11.8 Å². The number of anilines is 2. The Morgan fingerprint density at radius 3 is 2.75 bits per heavy atom. The molecule has 1 amide bonds. The van der Waals surface area contributed by atoms with E-state index in [0.29, 0.717) is 24.1 Å². The molecule has 0 radical (unpaired) electrons. The first-order valence-electron chi connectivity index (χ1n) is 8.61. The standard InChI is InChI=1S/C17H29N5O2/c1-5-17(3,4)22-16-19-9-12(14(18)24)15(21-16)20-11-7-6-10(2)13(23)8-11/h9-11,13,23H,5-8H2,1-4H3,(H2,18,24)(H2,19,20,21,22)/t10-,11?,13-/m1/s1. The summed E-state index contributed by atoms with van der Waals surface area (Å²) < 4.78 is 0. The summed E-state index contributed by atoms with van der Waals surface area (Å²) in [6.45, 7) is 8.25. The molecule has 1 saturated carbocycles. The van der Waals surface area contributed by atoms with Gasteiger partial charge in [-0.05, 0) is 45.4 Å². The summed E-state index contributed by atoms with van der Waals surface area (Å²) in [6, 6.07) is 0.0660. The number of nitrogens with zero attached hydrogens (tertiary/aromatic N) is 2. The molecule has 0 aliphatic heterocycles. The molecule has 1 aromatic heterocycles. The van der Waals surface area contributed by atoms with Crippen molar-refractivity contribution in [2.75, 3.05) is 10.6 Å². The van der Waals surface area contributed by atoms with Gasteiger partial charge in [0.25, 0.3) is 5.91 Å². The third kappa shape index (κ3) is 4.56. The van der Waals surface area contributed by atoms with Crippen LogP contribution in [0.4, 0.5) is 11.8 Å². The van der Waals surface area contributed by atoms with E-state index in [1.807, 2.05) is 0 Å². The smallest absolute Gasteiger partial charge is 0.254 e. The molecule has 1 heterocycles. The Morgan fingerprint density at radius 1 is 1.46 bits per heavy atom. The number of primary amides is 1. The lowest BCUT2D eigenvalue weighted by Crippen LogP contribution is -2.36. The first kappa shape index (κ1) is 18.4. The van der Waals surface area contributed by atoms with Gasteiger partial charge in [0.15, 0.2) is 0 Å². The molecule has 24 heavy (non-hydrogen) atoms. The number of nitrogens with two attached hydrogens (primary N) is 1. The number of rotatable bonds is 6. The molecule has 0 bridgehead atoms. The Balaban J connectivity index is 2.20. The second-order valence-corrected chi connectivity index (χ2v) is 7.38. The largest absolute Gasteiger partial charge is 0.393 e. The molecule has 1 aliphatic carbocycles. The number of hydrogen-bond donors (Lipinski definition) is 4. The number of aromatic nitrogens is 2. The van der Waals surface area contributed by atoms with E-state index in [4.69, 9.17) is 5.73 Å². The molecule has 7 nitrogen and oxygen atoms in total. The Bertz CT molecular complexity index is 590. The zero-order chi connectivity index (χ0) is 17.9. The van der Waals surface area contributed by atoms with Crippen LogP contribution in [0, 0.1) is 5.92 Å². The molecule has 7 heteroatoms. The summed E-state index contributed by atoms with van der Waals surface area (Å²) >= 11 is 0. The molecule has 1 aliphatic rings. The van der Waals surface area contributed by atoms with Gasteiger partial charge in [-0.3, -0.25) is 4.79 Å². The average molecular weight is 335 g/mol. The Labute approximate surface area is 143 Å². The van der Waals surface area contributed by atoms with Gasteiger partial charge < -0.3 is 21.5 Å². The van der Waals surface area contributed by atoms with E-state index in [0.717, 1.165) is 19.3 Å². The normalized spacial score (nSPS) is 24.5. The van der Waals surface area contributed by atoms with Gasteiger partial charge in [0.2, 0.25) is 5.95 Å². The van der Waals surface area contributed by atoms with E-state index >= 15 is 0 Å². The third-order valence-corrected chi connectivity index (χ3v) is 4.88. The lowest BCUT2D eigenvalue weighted by atomic mass is 9.85. The fraction of sp³-hybridized carbons (Fsp3) is 0.706. The van der Waals surface area contributed by atoms with E-state index in [1.165, 1.54) is 6.20 Å². The predicted octanol–water partition coefficient (Wildman–Crippen LogP) is 2.14. The Kier molecular flexibility index (Phi) is 5.64. The molecule has 3 atom stereocenters. The minimum atomic E-state index is -0.566. The number of aliphatic hydroxyl groups is 1. The molecule has 5 N–H and O–H groups in total. The summed E-state index contributed by atoms with van der Waals surface area (Å²) in [5.41, 5.74) is 5.56. The maximum Gasteiger partial charge on any atom is 0.254 e. The number of hydrogen-bond acceptors (Lipinski definition) is 6. The van der Waals surface area contributed by atoms with E-state index in [2.05, 4.69) is 48.3 Å². The highest BCUT2D eigenvalue weighted by Gasteiger charge is 2.27. The lowest BCUT2D eigenvalue weighted by molar-refractivity contribution is 0.0739. The van der Waals surface area contributed by atoms with Gasteiger partial charge in [0.05, 0.1) is 11.7 Å². The van der Waals surface area contributed by atoms with Crippen LogP contribution >= 0.6 is 0 Å². The van der Waals surface area contributed by atoms with Gasteiger partial charge in [-0.25, -0.2) is 4.98 Å². The van der Waals surface area contributed by atoms with Gasteiger partial charge in [0, 0.05) is 17.8 Å². The van der Waals surface area contributed by atoms with Crippen LogP contribution in [-0.4, -0.2) is 38.7 Å². The van der Waals surface area contributed by atoms with Crippen molar-refractivity contribution in [2.45, 2.75) is 71.1 Å². The van der Waals surface area contributed by atoms with Crippen LogP contribution < -0.4 is 16.4 Å². The number of nitrogens with one attached hydrogen (secondary N) is 2. The van der Waals surface area contributed by atoms with E-state index in [-0.39, 0.29) is 23.2 Å². The second-order valence-electron chi connectivity index (χ2n) is 7.38. The maximum atomic E-state index is 11.7. The predicted molar refractivity (Wildman–Crippen MR) is 95.0 cm³/mol. The first-order chi connectivity index (χ1) is 11.2. The maximum absolute atomic E-state index is 11.7. The fourth-order valence-electron chi connectivity index (χ4n) is 2.75. The molecular weight excluding hydrogens is 306 g/mol. The summed E-state index contributed by atoms with van der Waals surface area (Å²) in [7, 11) is 0. The van der Waals surface area contributed by atoms with Crippen molar-refractivity contribution < 1.29 is 9.90 Å². The van der Waals surface area contributed by atoms with Crippen molar-refractivity contribution in [1.82, 2.24) is 9.97 Å². The van der Waals surface area contributed by atoms with Crippen LogP contribution in [0.15, 0.2) is 6.20 Å². The minimum absolute atomic E-state index is 0.0660. The summed E-state index contributed by atoms with van der Waals surface area (Å²) in [5.74, 6) is 0.618. The second kappa shape index (κ2) is 7.34. The van der Waals surface area contributed by atoms with Crippen LogP contribution in [0.1, 0.15) is 63.7 Å². The van der Waals surface area contributed by atoms with Crippen molar-refractivity contribution in [3.8, 4) is 0 Å². The molecule has 1 unspecified atom stereocenters. The summed E-state index contributed by atoms with van der Waals surface area (Å²) in [6.07, 6.45) is 4.50. The van der Waals surface area contributed by atoms with Crippen LogP contribution in [0.25, 0.3) is 0 Å². The van der Waals surface area contributed by atoms with Gasteiger partial charge in [-0.15, -0.1) is 0 Å². The first-order valence-corrected chi connectivity index (χ1v) is 8.61. The number of aliphatic hydroxyl groups excluding tert-OH is 1. The molecule has 0 aromatic carbocycles. The van der Waals surface area contributed by atoms with Gasteiger partial charge in [-0.1, -0.05) is 13.8 Å². The molecule has 134 valence electrons. The van der Waals surface area contributed by atoms with Crippen molar-refractivity contribution >= 4 is 17.7 Å². The molecule has 0 saturated heterocycles. The highest BCUT2D eigenvalue weighted by Crippen LogP contribution is 2.27. The molecule has 2 rings (SSSR count). The van der Waals surface area contributed by atoms with Gasteiger partial charge in [-0.2, -0.15) is 4.98 Å². The highest BCUT2D eigenvalue weighted by molar-refractivity contribution is 5.97. The SMILES string of the molecule is CCC(C)(C)Nc1ncc(C(N)=O)c(NC2CC[C@@H](C)[C@H](O)C2)n1.